The van der Waals surface area contributed by atoms with E-state index in [4.69, 9.17) is 11.6 Å². The Morgan fingerprint density at radius 3 is 2.75 bits per heavy atom. The number of likely N-dealkylation sites (tertiary alicyclic amines) is 1. The van der Waals surface area contributed by atoms with E-state index in [2.05, 4.69) is 4.72 Å². The van der Waals surface area contributed by atoms with Crippen molar-refractivity contribution in [3.8, 4) is 0 Å². The molecule has 1 atom stereocenters. The van der Waals surface area contributed by atoms with Crippen molar-refractivity contribution in [3.63, 3.8) is 0 Å². The van der Waals surface area contributed by atoms with E-state index in [-0.39, 0.29) is 17.5 Å². The third-order valence-electron chi connectivity index (χ3n) is 3.14. The van der Waals surface area contributed by atoms with Crippen molar-refractivity contribution < 1.29 is 17.6 Å². The van der Waals surface area contributed by atoms with Crippen LogP contribution in [-0.4, -0.2) is 38.4 Å². The first-order valence-electron chi connectivity index (χ1n) is 6.03. The van der Waals surface area contributed by atoms with Crippen LogP contribution in [0.2, 0.25) is 5.02 Å². The number of carbonyl (C=O) groups excluding carboxylic acids is 1. The molecule has 1 heterocycles. The maximum atomic E-state index is 13.7. The lowest BCUT2D eigenvalue weighted by Gasteiger charge is -2.16. The summed E-state index contributed by atoms with van der Waals surface area (Å²) in [5, 5.41) is -0.168. The number of halogens is 2. The second-order valence-electron chi connectivity index (χ2n) is 4.62. The van der Waals surface area contributed by atoms with Gasteiger partial charge in [0.1, 0.15) is 10.7 Å². The lowest BCUT2D eigenvalue weighted by Crippen LogP contribution is -2.38. The van der Waals surface area contributed by atoms with E-state index in [1.165, 1.54) is 24.0 Å². The van der Waals surface area contributed by atoms with E-state index in [1.54, 1.807) is 0 Å². The Bertz CT molecular complexity index is 615. The van der Waals surface area contributed by atoms with Gasteiger partial charge in [0.2, 0.25) is 15.9 Å². The van der Waals surface area contributed by atoms with Crippen LogP contribution in [0.4, 0.5) is 4.39 Å². The zero-order valence-electron chi connectivity index (χ0n) is 10.8. The number of benzene rings is 1. The number of amides is 1. The Morgan fingerprint density at radius 2 is 2.20 bits per heavy atom. The monoisotopic (exact) mass is 320 g/mol. The van der Waals surface area contributed by atoms with Gasteiger partial charge >= 0.3 is 0 Å². The highest BCUT2D eigenvalue weighted by Crippen LogP contribution is 2.25. The molecule has 0 aromatic heterocycles. The fourth-order valence-corrected chi connectivity index (χ4v) is 4.03. The summed E-state index contributed by atoms with van der Waals surface area (Å²) in [5.74, 6) is -1.01. The molecule has 1 fully saturated rings. The minimum absolute atomic E-state index is 0.115. The van der Waals surface area contributed by atoms with Gasteiger partial charge in [-0.3, -0.25) is 4.79 Å². The first kappa shape index (κ1) is 15.2. The summed E-state index contributed by atoms with van der Waals surface area (Å²) in [6, 6.07) is 3.26. The third kappa shape index (κ3) is 3.11. The summed E-state index contributed by atoms with van der Waals surface area (Å²) < 4.78 is 40.4. The first-order valence-corrected chi connectivity index (χ1v) is 7.89. The Labute approximate surface area is 121 Å². The Balaban J connectivity index is 2.19. The number of rotatable bonds is 3. The highest BCUT2D eigenvalue weighted by atomic mass is 35.5. The third-order valence-corrected chi connectivity index (χ3v) is 5.17. The maximum absolute atomic E-state index is 13.7. The van der Waals surface area contributed by atoms with E-state index in [9.17, 15) is 17.6 Å². The summed E-state index contributed by atoms with van der Waals surface area (Å²) in [6.45, 7) is 2.18. The molecule has 1 aromatic rings. The second-order valence-corrected chi connectivity index (χ2v) is 6.68. The number of nitrogens with zero attached hydrogens (tertiary/aromatic N) is 1. The minimum atomic E-state index is -4.05. The van der Waals surface area contributed by atoms with Crippen LogP contribution in [0, 0.1) is 5.82 Å². The molecule has 1 aromatic carbocycles. The highest BCUT2D eigenvalue weighted by Gasteiger charge is 2.30. The van der Waals surface area contributed by atoms with Crippen LogP contribution in [-0.2, 0) is 14.8 Å². The molecular formula is C12H14ClFN2O3S. The van der Waals surface area contributed by atoms with Gasteiger partial charge in [0.05, 0.1) is 5.02 Å². The van der Waals surface area contributed by atoms with Crippen molar-refractivity contribution in [2.45, 2.75) is 24.3 Å². The molecular weight excluding hydrogens is 307 g/mol. The van der Waals surface area contributed by atoms with Crippen LogP contribution in [0.3, 0.4) is 0 Å². The minimum Gasteiger partial charge on any atom is -0.341 e. The molecule has 1 aliphatic rings. The van der Waals surface area contributed by atoms with Crippen molar-refractivity contribution in [1.82, 2.24) is 9.62 Å². The molecule has 0 saturated carbocycles. The largest absolute Gasteiger partial charge is 0.341 e. The molecule has 0 radical (unpaired) electrons. The van der Waals surface area contributed by atoms with Gasteiger partial charge < -0.3 is 4.90 Å². The molecule has 0 spiro atoms. The van der Waals surface area contributed by atoms with E-state index >= 15 is 0 Å². The molecule has 110 valence electrons. The summed E-state index contributed by atoms with van der Waals surface area (Å²) in [4.78, 5) is 12.2. The molecule has 0 unspecified atom stereocenters. The Morgan fingerprint density at radius 1 is 1.50 bits per heavy atom. The number of sulfonamides is 1. The normalized spacial score (nSPS) is 19.4. The summed E-state index contributed by atoms with van der Waals surface area (Å²) in [6.07, 6.45) is 0.491. The van der Waals surface area contributed by atoms with Crippen molar-refractivity contribution in [1.29, 1.82) is 0 Å². The second kappa shape index (κ2) is 5.67. The molecule has 1 aliphatic heterocycles. The molecule has 1 amide bonds. The van der Waals surface area contributed by atoms with Crippen molar-refractivity contribution in [2.24, 2.45) is 0 Å². The van der Waals surface area contributed by atoms with Gasteiger partial charge in [-0.15, -0.1) is 0 Å². The number of nitrogens with one attached hydrogen (secondary N) is 1. The summed E-state index contributed by atoms with van der Waals surface area (Å²) in [5.41, 5.74) is 0. The zero-order valence-corrected chi connectivity index (χ0v) is 12.3. The summed E-state index contributed by atoms with van der Waals surface area (Å²) >= 11 is 5.75. The van der Waals surface area contributed by atoms with Crippen LogP contribution in [0.1, 0.15) is 13.3 Å². The molecule has 5 nitrogen and oxygen atoms in total. The lowest BCUT2D eigenvalue weighted by molar-refractivity contribution is -0.127. The van der Waals surface area contributed by atoms with Gasteiger partial charge in [-0.1, -0.05) is 17.7 Å². The molecule has 0 aliphatic carbocycles. The van der Waals surface area contributed by atoms with Crippen molar-refractivity contribution >= 4 is 27.5 Å². The molecule has 20 heavy (non-hydrogen) atoms. The average Bonchev–Trinajstić information content (AvgIpc) is 2.76. The lowest BCUT2D eigenvalue weighted by atomic mass is 10.3. The topological polar surface area (TPSA) is 66.5 Å². The SMILES string of the molecule is CC(=O)N1CC[C@@H](NS(=O)(=O)c2c(F)cccc2Cl)C1. The van der Waals surface area contributed by atoms with E-state index in [1.807, 2.05) is 0 Å². The van der Waals surface area contributed by atoms with Crippen LogP contribution >= 0.6 is 11.6 Å². The Hall–Kier alpha value is -1.18. The fourth-order valence-electron chi connectivity index (χ4n) is 2.16. The van der Waals surface area contributed by atoms with Crippen LogP contribution in [0.25, 0.3) is 0 Å². The van der Waals surface area contributed by atoms with Gasteiger partial charge in [0.25, 0.3) is 0 Å². The predicted molar refractivity (Wildman–Crippen MR) is 72.4 cm³/mol. The zero-order chi connectivity index (χ0) is 14.9. The van der Waals surface area contributed by atoms with E-state index in [0.29, 0.717) is 13.0 Å². The van der Waals surface area contributed by atoms with Crippen molar-refractivity contribution in [3.05, 3.63) is 29.0 Å². The fraction of sp³-hybridized carbons (Fsp3) is 0.417. The van der Waals surface area contributed by atoms with Gasteiger partial charge in [-0.05, 0) is 18.6 Å². The first-order chi connectivity index (χ1) is 9.31. The van der Waals surface area contributed by atoms with E-state index < -0.39 is 26.8 Å². The number of hydrogen-bond donors (Lipinski definition) is 1. The van der Waals surface area contributed by atoms with Crippen LogP contribution in [0.5, 0.6) is 0 Å². The molecule has 1 saturated heterocycles. The van der Waals surface area contributed by atoms with Gasteiger partial charge in [-0.2, -0.15) is 0 Å². The van der Waals surface area contributed by atoms with Gasteiger partial charge in [-0.25, -0.2) is 17.5 Å². The highest BCUT2D eigenvalue weighted by molar-refractivity contribution is 7.89. The number of hydrogen-bond acceptors (Lipinski definition) is 3. The standard InChI is InChI=1S/C12H14ClFN2O3S/c1-8(17)16-6-5-9(7-16)15-20(18,19)12-10(13)3-2-4-11(12)14/h2-4,9,15H,5-7H2,1H3/t9-/m1/s1. The van der Waals surface area contributed by atoms with Crippen LogP contribution in [0.15, 0.2) is 23.1 Å². The maximum Gasteiger partial charge on any atom is 0.245 e. The Kier molecular flexibility index (Phi) is 4.31. The van der Waals surface area contributed by atoms with Crippen molar-refractivity contribution in [2.75, 3.05) is 13.1 Å². The predicted octanol–water partition coefficient (Wildman–Crippen LogP) is 1.38. The van der Waals surface area contributed by atoms with Gasteiger partial charge in [0.15, 0.2) is 0 Å². The quantitative estimate of drug-likeness (QED) is 0.915. The molecule has 1 N–H and O–H groups in total. The smallest absolute Gasteiger partial charge is 0.245 e. The number of carbonyl (C=O) groups is 1. The van der Waals surface area contributed by atoms with Gasteiger partial charge in [0, 0.05) is 26.1 Å². The average molecular weight is 321 g/mol. The molecule has 0 bridgehead atoms. The van der Waals surface area contributed by atoms with Crippen LogP contribution < -0.4 is 4.72 Å². The van der Waals surface area contributed by atoms with E-state index in [0.717, 1.165) is 6.07 Å². The molecule has 8 heteroatoms. The molecule has 2 rings (SSSR count). The summed E-state index contributed by atoms with van der Waals surface area (Å²) in [7, 11) is -4.05.